The summed E-state index contributed by atoms with van der Waals surface area (Å²) >= 11 is 0. The van der Waals surface area contributed by atoms with Gasteiger partial charge >= 0.3 is 0 Å². The fourth-order valence-electron chi connectivity index (χ4n) is 2.74. The van der Waals surface area contributed by atoms with E-state index in [-0.39, 0.29) is 29.4 Å². The highest BCUT2D eigenvalue weighted by Crippen LogP contribution is 2.17. The van der Waals surface area contributed by atoms with E-state index < -0.39 is 10.0 Å². The SMILES string of the molecule is Cc1ccc(C)c(S(=O)(=O)NCCn2nc(-c3ccc(F)cc3)ccc2=O)c1. The number of aryl methyl sites for hydroxylation is 2. The lowest BCUT2D eigenvalue weighted by atomic mass is 10.1. The van der Waals surface area contributed by atoms with Crippen molar-refractivity contribution in [1.82, 2.24) is 14.5 Å². The molecule has 0 aliphatic rings. The van der Waals surface area contributed by atoms with Crippen LogP contribution in [-0.2, 0) is 16.6 Å². The molecule has 3 rings (SSSR count). The third kappa shape index (κ3) is 4.52. The molecule has 0 unspecified atom stereocenters. The molecule has 28 heavy (non-hydrogen) atoms. The maximum Gasteiger partial charge on any atom is 0.266 e. The summed E-state index contributed by atoms with van der Waals surface area (Å²) in [6.45, 7) is 3.63. The summed E-state index contributed by atoms with van der Waals surface area (Å²) in [6, 6.07) is 13.9. The number of halogens is 1. The Hall–Kier alpha value is -2.84. The van der Waals surface area contributed by atoms with Crippen molar-refractivity contribution in [3.8, 4) is 11.3 Å². The Balaban J connectivity index is 1.76. The third-order valence-electron chi connectivity index (χ3n) is 4.26. The van der Waals surface area contributed by atoms with Crippen LogP contribution < -0.4 is 10.3 Å². The predicted octanol–water partition coefficient (Wildman–Crippen LogP) is 2.64. The number of aromatic nitrogens is 2. The van der Waals surface area contributed by atoms with Gasteiger partial charge in [0, 0.05) is 18.2 Å². The smallest absolute Gasteiger partial charge is 0.266 e. The van der Waals surface area contributed by atoms with E-state index in [2.05, 4.69) is 9.82 Å². The van der Waals surface area contributed by atoms with Crippen LogP contribution in [0, 0.1) is 19.7 Å². The van der Waals surface area contributed by atoms with Crippen LogP contribution >= 0.6 is 0 Å². The lowest BCUT2D eigenvalue weighted by Crippen LogP contribution is -2.32. The first-order chi connectivity index (χ1) is 13.3. The van der Waals surface area contributed by atoms with Crippen molar-refractivity contribution in [2.24, 2.45) is 0 Å². The lowest BCUT2D eigenvalue weighted by Gasteiger charge is -2.11. The van der Waals surface area contributed by atoms with Gasteiger partial charge in [0.15, 0.2) is 0 Å². The summed E-state index contributed by atoms with van der Waals surface area (Å²) in [5.74, 6) is -0.363. The highest BCUT2D eigenvalue weighted by atomic mass is 32.2. The molecule has 146 valence electrons. The first kappa shape index (κ1) is 19.9. The molecule has 1 heterocycles. The molecule has 0 aliphatic carbocycles. The van der Waals surface area contributed by atoms with E-state index in [0.29, 0.717) is 16.8 Å². The summed E-state index contributed by atoms with van der Waals surface area (Å²) < 4.78 is 41.9. The van der Waals surface area contributed by atoms with Crippen LogP contribution in [0.4, 0.5) is 4.39 Å². The summed E-state index contributed by atoms with van der Waals surface area (Å²) in [5, 5.41) is 4.24. The van der Waals surface area contributed by atoms with Gasteiger partial charge in [-0.1, -0.05) is 12.1 Å². The van der Waals surface area contributed by atoms with Gasteiger partial charge in [-0.25, -0.2) is 22.2 Å². The van der Waals surface area contributed by atoms with Crippen LogP contribution in [-0.4, -0.2) is 24.7 Å². The average Bonchev–Trinajstić information content (AvgIpc) is 2.66. The van der Waals surface area contributed by atoms with E-state index in [1.54, 1.807) is 37.3 Å². The monoisotopic (exact) mass is 401 g/mol. The highest BCUT2D eigenvalue weighted by molar-refractivity contribution is 7.89. The van der Waals surface area contributed by atoms with Gasteiger partial charge < -0.3 is 0 Å². The van der Waals surface area contributed by atoms with Gasteiger partial charge in [-0.05, 0) is 61.4 Å². The molecular formula is C20H20FN3O3S. The molecule has 0 fully saturated rings. The molecule has 0 amide bonds. The Morgan fingerprint density at radius 1 is 1.04 bits per heavy atom. The molecule has 1 N–H and O–H groups in total. The number of hydrogen-bond donors (Lipinski definition) is 1. The number of benzene rings is 2. The topological polar surface area (TPSA) is 81.1 Å². The maximum absolute atomic E-state index is 13.1. The van der Waals surface area contributed by atoms with Crippen molar-refractivity contribution in [2.45, 2.75) is 25.3 Å². The van der Waals surface area contributed by atoms with Crippen LogP contribution in [0.1, 0.15) is 11.1 Å². The Labute approximate surface area is 162 Å². The van der Waals surface area contributed by atoms with Crippen molar-refractivity contribution in [1.29, 1.82) is 0 Å². The lowest BCUT2D eigenvalue weighted by molar-refractivity contribution is 0.548. The largest absolute Gasteiger partial charge is 0.268 e. The molecule has 2 aromatic carbocycles. The summed E-state index contributed by atoms with van der Waals surface area (Å²) in [4.78, 5) is 12.3. The first-order valence-corrected chi connectivity index (χ1v) is 10.2. The van der Waals surface area contributed by atoms with E-state index in [9.17, 15) is 17.6 Å². The van der Waals surface area contributed by atoms with Gasteiger partial charge in [-0.15, -0.1) is 0 Å². The number of sulfonamides is 1. The Bertz CT molecular complexity index is 1160. The maximum atomic E-state index is 13.1. The minimum atomic E-state index is -3.70. The van der Waals surface area contributed by atoms with E-state index in [1.807, 2.05) is 13.0 Å². The Morgan fingerprint density at radius 3 is 2.46 bits per heavy atom. The second kappa shape index (κ2) is 8.04. The molecule has 0 saturated heterocycles. The van der Waals surface area contributed by atoms with E-state index >= 15 is 0 Å². The quantitative estimate of drug-likeness (QED) is 0.689. The van der Waals surface area contributed by atoms with Gasteiger partial charge in [-0.2, -0.15) is 5.10 Å². The zero-order chi connectivity index (χ0) is 20.3. The second-order valence-corrected chi connectivity index (χ2v) is 8.19. The van der Waals surface area contributed by atoms with Crippen LogP contribution in [0.3, 0.4) is 0 Å². The number of nitrogens with one attached hydrogen (secondary N) is 1. The van der Waals surface area contributed by atoms with Crippen molar-refractivity contribution in [3.63, 3.8) is 0 Å². The molecule has 0 bridgehead atoms. The molecule has 0 aliphatic heterocycles. The molecule has 3 aromatic rings. The van der Waals surface area contributed by atoms with Gasteiger partial charge in [0.1, 0.15) is 5.82 Å². The Morgan fingerprint density at radius 2 is 1.75 bits per heavy atom. The summed E-state index contributed by atoms with van der Waals surface area (Å²) in [7, 11) is -3.70. The van der Waals surface area contributed by atoms with Crippen molar-refractivity contribution in [3.05, 3.63) is 81.9 Å². The number of rotatable bonds is 6. The zero-order valence-corrected chi connectivity index (χ0v) is 16.3. The van der Waals surface area contributed by atoms with Crippen molar-refractivity contribution in [2.75, 3.05) is 6.54 Å². The van der Waals surface area contributed by atoms with E-state index in [1.165, 1.54) is 22.9 Å². The third-order valence-corrected chi connectivity index (χ3v) is 5.86. The van der Waals surface area contributed by atoms with Gasteiger partial charge in [-0.3, -0.25) is 4.79 Å². The average molecular weight is 401 g/mol. The van der Waals surface area contributed by atoms with Crippen molar-refractivity contribution >= 4 is 10.0 Å². The van der Waals surface area contributed by atoms with Crippen LogP contribution in [0.25, 0.3) is 11.3 Å². The molecule has 6 nitrogen and oxygen atoms in total. The fourth-order valence-corrected chi connectivity index (χ4v) is 4.09. The minimum absolute atomic E-state index is 0.00942. The number of hydrogen-bond acceptors (Lipinski definition) is 4. The van der Waals surface area contributed by atoms with E-state index in [4.69, 9.17) is 0 Å². The highest BCUT2D eigenvalue weighted by Gasteiger charge is 2.16. The van der Waals surface area contributed by atoms with Gasteiger partial charge in [0.05, 0.1) is 17.1 Å². The van der Waals surface area contributed by atoms with Crippen LogP contribution in [0.15, 0.2) is 64.3 Å². The molecule has 0 spiro atoms. The molecular weight excluding hydrogens is 381 g/mol. The summed E-state index contributed by atoms with van der Waals surface area (Å²) in [6.07, 6.45) is 0. The molecule has 8 heteroatoms. The minimum Gasteiger partial charge on any atom is -0.268 e. The second-order valence-electron chi connectivity index (χ2n) is 6.45. The normalized spacial score (nSPS) is 11.5. The van der Waals surface area contributed by atoms with Crippen LogP contribution in [0.5, 0.6) is 0 Å². The molecule has 1 aromatic heterocycles. The Kier molecular flexibility index (Phi) is 5.71. The molecule has 0 radical (unpaired) electrons. The molecule has 0 saturated carbocycles. The fraction of sp³-hybridized carbons (Fsp3) is 0.200. The van der Waals surface area contributed by atoms with Crippen LogP contribution in [0.2, 0.25) is 0 Å². The van der Waals surface area contributed by atoms with E-state index in [0.717, 1.165) is 5.56 Å². The predicted molar refractivity (Wildman–Crippen MR) is 105 cm³/mol. The molecule has 0 atom stereocenters. The van der Waals surface area contributed by atoms with Gasteiger partial charge in [0.25, 0.3) is 5.56 Å². The first-order valence-electron chi connectivity index (χ1n) is 8.67. The van der Waals surface area contributed by atoms with Gasteiger partial charge in [0.2, 0.25) is 10.0 Å². The number of nitrogens with zero attached hydrogens (tertiary/aromatic N) is 2. The summed E-state index contributed by atoms with van der Waals surface area (Å²) in [5.41, 5.74) is 2.29. The zero-order valence-electron chi connectivity index (χ0n) is 15.5. The van der Waals surface area contributed by atoms with Crippen molar-refractivity contribution < 1.29 is 12.8 Å². The standard InChI is InChI=1S/C20H20FN3O3S/c1-14-3-4-15(2)19(13-14)28(26,27)22-11-12-24-20(25)10-9-18(23-24)16-5-7-17(21)8-6-16/h3-10,13,22H,11-12H2,1-2H3.